The zero-order valence-corrected chi connectivity index (χ0v) is 8.98. The molecule has 1 saturated heterocycles. The molecule has 1 aliphatic rings. The SMILES string of the molecule is O=[N+]([O-])c1ccc(C[C@H]2CNCCN2)cc1. The monoisotopic (exact) mass is 221 g/mol. The summed E-state index contributed by atoms with van der Waals surface area (Å²) in [6, 6.07) is 7.20. The predicted octanol–water partition coefficient (Wildman–Crippen LogP) is 0.699. The van der Waals surface area contributed by atoms with E-state index in [0.717, 1.165) is 31.6 Å². The van der Waals surface area contributed by atoms with Crippen molar-refractivity contribution in [1.82, 2.24) is 10.6 Å². The van der Waals surface area contributed by atoms with Crippen molar-refractivity contribution in [2.45, 2.75) is 12.5 Å². The van der Waals surface area contributed by atoms with Crippen LogP contribution < -0.4 is 10.6 Å². The molecule has 5 heteroatoms. The fourth-order valence-corrected chi connectivity index (χ4v) is 1.90. The van der Waals surface area contributed by atoms with Crippen molar-refractivity contribution < 1.29 is 4.92 Å². The standard InChI is InChI=1S/C11H15N3O2/c15-14(16)11-3-1-9(2-4-11)7-10-8-12-5-6-13-10/h1-4,10,12-13H,5-8H2/t10-/m0/s1. The number of nitrogens with zero attached hydrogens (tertiary/aromatic N) is 1. The maximum absolute atomic E-state index is 10.5. The molecule has 0 spiro atoms. The molecular weight excluding hydrogens is 206 g/mol. The molecule has 16 heavy (non-hydrogen) atoms. The molecule has 2 rings (SSSR count). The molecule has 1 aromatic rings. The minimum atomic E-state index is -0.371. The van der Waals surface area contributed by atoms with E-state index in [2.05, 4.69) is 10.6 Å². The minimum absolute atomic E-state index is 0.151. The Labute approximate surface area is 94.0 Å². The van der Waals surface area contributed by atoms with Gasteiger partial charge in [0.1, 0.15) is 0 Å². The number of nitro benzene ring substituents is 1. The van der Waals surface area contributed by atoms with Crippen molar-refractivity contribution in [1.29, 1.82) is 0 Å². The van der Waals surface area contributed by atoms with E-state index in [4.69, 9.17) is 0 Å². The van der Waals surface area contributed by atoms with E-state index in [-0.39, 0.29) is 10.6 Å². The van der Waals surface area contributed by atoms with Gasteiger partial charge < -0.3 is 10.6 Å². The Bertz CT molecular complexity index is 358. The molecule has 1 heterocycles. The normalized spacial score (nSPS) is 20.6. The van der Waals surface area contributed by atoms with Crippen LogP contribution in [0.2, 0.25) is 0 Å². The second kappa shape index (κ2) is 5.05. The Morgan fingerprint density at radius 1 is 1.31 bits per heavy atom. The highest BCUT2D eigenvalue weighted by molar-refractivity contribution is 5.33. The zero-order chi connectivity index (χ0) is 11.4. The quantitative estimate of drug-likeness (QED) is 0.582. The largest absolute Gasteiger partial charge is 0.314 e. The smallest absolute Gasteiger partial charge is 0.269 e. The van der Waals surface area contributed by atoms with Gasteiger partial charge in [0.25, 0.3) is 5.69 Å². The number of rotatable bonds is 3. The number of nitrogens with one attached hydrogen (secondary N) is 2. The van der Waals surface area contributed by atoms with Gasteiger partial charge in [-0.25, -0.2) is 0 Å². The van der Waals surface area contributed by atoms with Crippen LogP contribution in [0.15, 0.2) is 24.3 Å². The first-order valence-electron chi connectivity index (χ1n) is 5.43. The van der Waals surface area contributed by atoms with Gasteiger partial charge in [-0.1, -0.05) is 12.1 Å². The summed E-state index contributed by atoms with van der Waals surface area (Å²) in [5, 5.41) is 17.2. The van der Waals surface area contributed by atoms with Crippen molar-refractivity contribution in [2.75, 3.05) is 19.6 Å². The van der Waals surface area contributed by atoms with Gasteiger partial charge in [0.15, 0.2) is 0 Å². The van der Waals surface area contributed by atoms with Gasteiger partial charge >= 0.3 is 0 Å². The maximum atomic E-state index is 10.5. The molecule has 0 aliphatic carbocycles. The van der Waals surface area contributed by atoms with E-state index in [1.54, 1.807) is 12.1 Å². The van der Waals surface area contributed by atoms with Crippen molar-refractivity contribution in [3.05, 3.63) is 39.9 Å². The number of hydrogen-bond acceptors (Lipinski definition) is 4. The second-order valence-electron chi connectivity index (χ2n) is 3.98. The molecule has 1 aliphatic heterocycles. The van der Waals surface area contributed by atoms with Gasteiger partial charge in [-0.15, -0.1) is 0 Å². The van der Waals surface area contributed by atoms with Gasteiger partial charge in [0.2, 0.25) is 0 Å². The van der Waals surface area contributed by atoms with Crippen molar-refractivity contribution >= 4 is 5.69 Å². The fraction of sp³-hybridized carbons (Fsp3) is 0.455. The first-order valence-corrected chi connectivity index (χ1v) is 5.43. The van der Waals surface area contributed by atoms with E-state index < -0.39 is 0 Å². The molecule has 1 atom stereocenters. The maximum Gasteiger partial charge on any atom is 0.269 e. The average Bonchev–Trinajstić information content (AvgIpc) is 2.31. The van der Waals surface area contributed by atoms with E-state index in [1.165, 1.54) is 0 Å². The van der Waals surface area contributed by atoms with Crippen LogP contribution in [0, 0.1) is 10.1 Å². The fourth-order valence-electron chi connectivity index (χ4n) is 1.90. The molecule has 5 nitrogen and oxygen atoms in total. The molecule has 0 radical (unpaired) electrons. The summed E-state index contributed by atoms with van der Waals surface area (Å²) in [6.07, 6.45) is 0.908. The van der Waals surface area contributed by atoms with Crippen LogP contribution in [0.25, 0.3) is 0 Å². The molecule has 0 aromatic heterocycles. The molecule has 86 valence electrons. The summed E-state index contributed by atoms with van der Waals surface area (Å²) in [5.41, 5.74) is 1.28. The molecule has 0 amide bonds. The van der Waals surface area contributed by atoms with Crippen molar-refractivity contribution in [3.8, 4) is 0 Å². The van der Waals surface area contributed by atoms with Crippen LogP contribution in [0.1, 0.15) is 5.56 Å². The van der Waals surface area contributed by atoms with E-state index >= 15 is 0 Å². The lowest BCUT2D eigenvalue weighted by molar-refractivity contribution is -0.384. The van der Waals surface area contributed by atoms with E-state index in [0.29, 0.717) is 6.04 Å². The van der Waals surface area contributed by atoms with Crippen LogP contribution >= 0.6 is 0 Å². The molecule has 0 saturated carbocycles. The number of piperazine rings is 1. The Morgan fingerprint density at radius 3 is 2.62 bits per heavy atom. The topological polar surface area (TPSA) is 67.2 Å². The third kappa shape index (κ3) is 2.77. The second-order valence-corrected chi connectivity index (χ2v) is 3.98. The lowest BCUT2D eigenvalue weighted by Gasteiger charge is -2.24. The molecule has 1 fully saturated rings. The Morgan fingerprint density at radius 2 is 2.06 bits per heavy atom. The summed E-state index contributed by atoms with van der Waals surface area (Å²) in [5.74, 6) is 0. The molecular formula is C11H15N3O2. The third-order valence-corrected chi connectivity index (χ3v) is 2.75. The third-order valence-electron chi connectivity index (χ3n) is 2.75. The lowest BCUT2D eigenvalue weighted by atomic mass is 10.0. The zero-order valence-electron chi connectivity index (χ0n) is 8.98. The van der Waals surface area contributed by atoms with Crippen LogP contribution in [-0.2, 0) is 6.42 Å². The van der Waals surface area contributed by atoms with Crippen molar-refractivity contribution in [2.24, 2.45) is 0 Å². The Kier molecular flexibility index (Phi) is 3.48. The molecule has 0 bridgehead atoms. The minimum Gasteiger partial charge on any atom is -0.314 e. The average molecular weight is 221 g/mol. The molecule has 1 aromatic carbocycles. The summed E-state index contributed by atoms with van der Waals surface area (Å²) in [7, 11) is 0. The summed E-state index contributed by atoms with van der Waals surface area (Å²) < 4.78 is 0. The Balaban J connectivity index is 1.96. The molecule has 2 N–H and O–H groups in total. The number of nitro groups is 1. The van der Waals surface area contributed by atoms with Gasteiger partial charge in [-0.2, -0.15) is 0 Å². The highest BCUT2D eigenvalue weighted by atomic mass is 16.6. The van der Waals surface area contributed by atoms with Gasteiger partial charge in [-0.3, -0.25) is 10.1 Å². The van der Waals surface area contributed by atoms with Crippen LogP contribution in [0.5, 0.6) is 0 Å². The summed E-state index contributed by atoms with van der Waals surface area (Å²) in [4.78, 5) is 10.1. The van der Waals surface area contributed by atoms with Gasteiger partial charge in [-0.05, 0) is 12.0 Å². The molecule has 0 unspecified atom stereocenters. The first-order chi connectivity index (χ1) is 7.75. The number of hydrogen-bond donors (Lipinski definition) is 2. The number of non-ortho nitro benzene ring substituents is 1. The van der Waals surface area contributed by atoms with Crippen LogP contribution in [-0.4, -0.2) is 30.6 Å². The van der Waals surface area contributed by atoms with Crippen molar-refractivity contribution in [3.63, 3.8) is 0 Å². The van der Waals surface area contributed by atoms with Gasteiger partial charge in [0, 0.05) is 37.8 Å². The first kappa shape index (κ1) is 11.0. The number of benzene rings is 1. The van der Waals surface area contributed by atoms with Crippen LogP contribution in [0.3, 0.4) is 0 Å². The summed E-state index contributed by atoms with van der Waals surface area (Å²) in [6.45, 7) is 2.95. The van der Waals surface area contributed by atoms with Gasteiger partial charge in [0.05, 0.1) is 4.92 Å². The highest BCUT2D eigenvalue weighted by Crippen LogP contribution is 2.13. The summed E-state index contributed by atoms with van der Waals surface area (Å²) >= 11 is 0. The van der Waals surface area contributed by atoms with E-state index in [1.807, 2.05) is 12.1 Å². The lowest BCUT2D eigenvalue weighted by Crippen LogP contribution is -2.49. The van der Waals surface area contributed by atoms with Crippen LogP contribution in [0.4, 0.5) is 5.69 Å². The highest BCUT2D eigenvalue weighted by Gasteiger charge is 2.13. The Hall–Kier alpha value is -1.46. The predicted molar refractivity (Wildman–Crippen MR) is 61.5 cm³/mol. The van der Waals surface area contributed by atoms with E-state index in [9.17, 15) is 10.1 Å².